The highest BCUT2D eigenvalue weighted by atomic mass is 79.9. The molecule has 0 saturated heterocycles. The fourth-order valence-corrected chi connectivity index (χ4v) is 2.56. The Morgan fingerprint density at radius 3 is 2.93 bits per heavy atom. The van der Waals surface area contributed by atoms with Gasteiger partial charge in [-0.25, -0.2) is 0 Å². The summed E-state index contributed by atoms with van der Waals surface area (Å²) in [5.74, 6) is 0. The van der Waals surface area contributed by atoms with Gasteiger partial charge in [-0.05, 0) is 34.4 Å². The predicted octanol–water partition coefficient (Wildman–Crippen LogP) is 4.17. The molecule has 68 valence electrons. The first-order valence-corrected chi connectivity index (χ1v) is 5.52. The number of rotatable bonds is 0. The lowest BCUT2D eigenvalue weighted by Crippen LogP contribution is -1.92. The van der Waals surface area contributed by atoms with Crippen molar-refractivity contribution in [2.75, 3.05) is 0 Å². The van der Waals surface area contributed by atoms with Crippen LogP contribution in [-0.2, 0) is 6.42 Å². The minimum absolute atomic E-state index is 1.06. The summed E-state index contributed by atoms with van der Waals surface area (Å²) in [5.41, 5.74) is 2.77. The predicted molar refractivity (Wildman–Crippen MR) is 64.4 cm³/mol. The molecule has 0 heterocycles. The highest BCUT2D eigenvalue weighted by Crippen LogP contribution is 2.32. The maximum atomic E-state index is 3.59. The molecule has 1 aliphatic rings. The monoisotopic (exact) mass is 244 g/mol. The van der Waals surface area contributed by atoms with E-state index in [1.165, 1.54) is 26.4 Å². The largest absolute Gasteiger partial charge is 0.0795 e. The molecule has 0 fully saturated rings. The van der Waals surface area contributed by atoms with Crippen molar-refractivity contribution >= 4 is 32.8 Å². The van der Waals surface area contributed by atoms with Gasteiger partial charge in [0.1, 0.15) is 0 Å². The summed E-state index contributed by atoms with van der Waals surface area (Å²) in [5, 5.41) is 2.73. The highest BCUT2D eigenvalue weighted by molar-refractivity contribution is 9.10. The van der Waals surface area contributed by atoms with Crippen molar-refractivity contribution in [2.45, 2.75) is 6.42 Å². The molecule has 0 nitrogen and oxygen atoms in total. The van der Waals surface area contributed by atoms with Crippen LogP contribution in [0.15, 0.2) is 40.9 Å². The van der Waals surface area contributed by atoms with Crippen LogP contribution in [0.1, 0.15) is 11.1 Å². The van der Waals surface area contributed by atoms with Gasteiger partial charge in [0.2, 0.25) is 0 Å². The van der Waals surface area contributed by atoms with E-state index in [0.717, 1.165) is 6.42 Å². The van der Waals surface area contributed by atoms with E-state index in [-0.39, 0.29) is 0 Å². The Morgan fingerprint density at radius 2 is 2.00 bits per heavy atom. The van der Waals surface area contributed by atoms with Gasteiger partial charge in [-0.2, -0.15) is 0 Å². The van der Waals surface area contributed by atoms with Crippen molar-refractivity contribution in [1.29, 1.82) is 0 Å². The van der Waals surface area contributed by atoms with Crippen molar-refractivity contribution < 1.29 is 0 Å². The van der Waals surface area contributed by atoms with E-state index < -0.39 is 0 Å². The highest BCUT2D eigenvalue weighted by Gasteiger charge is 2.09. The first kappa shape index (κ1) is 8.25. The molecule has 1 aliphatic carbocycles. The standard InChI is InChI=1S/C13H9Br/c14-12-8-7-10-4-1-3-9-5-2-6-11(12)13(9)10/h1-2,4-8H,3H2. The second kappa shape index (κ2) is 2.96. The quantitative estimate of drug-likeness (QED) is 0.653. The average Bonchev–Trinajstić information content (AvgIpc) is 2.24. The van der Waals surface area contributed by atoms with Crippen LogP contribution in [-0.4, -0.2) is 0 Å². The molecule has 0 atom stereocenters. The third-order valence-corrected chi connectivity index (χ3v) is 3.43. The van der Waals surface area contributed by atoms with Crippen LogP contribution in [0.5, 0.6) is 0 Å². The summed E-state index contributed by atoms with van der Waals surface area (Å²) in [6, 6.07) is 10.8. The van der Waals surface area contributed by atoms with Gasteiger partial charge in [-0.3, -0.25) is 0 Å². The Labute approximate surface area is 91.4 Å². The van der Waals surface area contributed by atoms with Crippen molar-refractivity contribution in [3.8, 4) is 0 Å². The number of hydrogen-bond donors (Lipinski definition) is 0. The lowest BCUT2D eigenvalue weighted by Gasteiger charge is -2.13. The minimum Gasteiger partial charge on any atom is -0.0795 e. The van der Waals surface area contributed by atoms with Gasteiger partial charge in [0, 0.05) is 4.47 Å². The van der Waals surface area contributed by atoms with E-state index in [0.29, 0.717) is 0 Å². The summed E-state index contributed by atoms with van der Waals surface area (Å²) >= 11 is 3.59. The molecule has 0 aromatic heterocycles. The SMILES string of the molecule is Brc1ccc2c3c(cccc13)CC=C2. The minimum atomic E-state index is 1.06. The molecule has 1 heteroatoms. The van der Waals surface area contributed by atoms with Crippen molar-refractivity contribution in [2.24, 2.45) is 0 Å². The summed E-state index contributed by atoms with van der Waals surface area (Å²) in [7, 11) is 0. The third-order valence-electron chi connectivity index (χ3n) is 2.74. The Morgan fingerprint density at radius 1 is 1.07 bits per heavy atom. The second-order valence-corrected chi connectivity index (χ2v) is 4.44. The van der Waals surface area contributed by atoms with Crippen LogP contribution >= 0.6 is 15.9 Å². The number of halogens is 1. The van der Waals surface area contributed by atoms with Gasteiger partial charge < -0.3 is 0 Å². The first-order valence-electron chi connectivity index (χ1n) is 4.73. The number of allylic oxidation sites excluding steroid dienone is 1. The number of hydrogen-bond acceptors (Lipinski definition) is 0. The molecule has 0 bridgehead atoms. The van der Waals surface area contributed by atoms with Gasteiger partial charge in [-0.1, -0.05) is 52.3 Å². The van der Waals surface area contributed by atoms with Crippen LogP contribution in [0.25, 0.3) is 16.8 Å². The zero-order chi connectivity index (χ0) is 9.54. The third kappa shape index (κ3) is 1.05. The molecule has 14 heavy (non-hydrogen) atoms. The zero-order valence-corrected chi connectivity index (χ0v) is 9.21. The van der Waals surface area contributed by atoms with Gasteiger partial charge in [0.25, 0.3) is 0 Å². The fraction of sp³-hybridized carbons (Fsp3) is 0.0769. The summed E-state index contributed by atoms with van der Waals surface area (Å²) < 4.78 is 1.19. The summed E-state index contributed by atoms with van der Waals surface area (Å²) in [4.78, 5) is 0. The normalized spacial score (nSPS) is 13.5. The molecule has 2 aromatic rings. The zero-order valence-electron chi connectivity index (χ0n) is 7.63. The van der Waals surface area contributed by atoms with Gasteiger partial charge in [0.15, 0.2) is 0 Å². The Kier molecular flexibility index (Phi) is 1.74. The maximum Gasteiger partial charge on any atom is 0.0254 e. The van der Waals surface area contributed by atoms with E-state index in [1.54, 1.807) is 0 Å². The molecule has 3 rings (SSSR count). The summed E-state index contributed by atoms with van der Waals surface area (Å²) in [6.07, 6.45) is 5.49. The van der Waals surface area contributed by atoms with Crippen molar-refractivity contribution in [3.63, 3.8) is 0 Å². The van der Waals surface area contributed by atoms with Crippen LogP contribution < -0.4 is 0 Å². The van der Waals surface area contributed by atoms with E-state index in [1.807, 2.05) is 0 Å². The van der Waals surface area contributed by atoms with E-state index in [9.17, 15) is 0 Å². The molecular weight excluding hydrogens is 236 g/mol. The average molecular weight is 245 g/mol. The molecule has 0 saturated carbocycles. The lowest BCUT2D eigenvalue weighted by molar-refractivity contribution is 1.29. The van der Waals surface area contributed by atoms with Crippen LogP contribution in [0.3, 0.4) is 0 Å². The van der Waals surface area contributed by atoms with E-state index >= 15 is 0 Å². The first-order chi connectivity index (χ1) is 6.86. The molecule has 0 unspecified atom stereocenters. The topological polar surface area (TPSA) is 0 Å². The molecule has 2 aromatic carbocycles. The maximum absolute atomic E-state index is 3.59. The molecule has 0 radical (unpaired) electrons. The molecule has 0 spiro atoms. The smallest absolute Gasteiger partial charge is 0.0254 e. The van der Waals surface area contributed by atoms with Crippen molar-refractivity contribution in [3.05, 3.63) is 52.0 Å². The second-order valence-electron chi connectivity index (χ2n) is 3.58. The van der Waals surface area contributed by atoms with Crippen molar-refractivity contribution in [1.82, 2.24) is 0 Å². The number of benzene rings is 2. The van der Waals surface area contributed by atoms with Gasteiger partial charge >= 0.3 is 0 Å². The molecule has 0 amide bonds. The Bertz CT molecular complexity index is 538. The Hall–Kier alpha value is -1.08. The Balaban J connectivity index is 2.56. The van der Waals surface area contributed by atoms with Crippen LogP contribution in [0.2, 0.25) is 0 Å². The molecule has 0 aliphatic heterocycles. The van der Waals surface area contributed by atoms with E-state index in [2.05, 4.69) is 58.4 Å². The lowest BCUT2D eigenvalue weighted by atomic mass is 9.93. The van der Waals surface area contributed by atoms with Crippen LogP contribution in [0, 0.1) is 0 Å². The van der Waals surface area contributed by atoms with E-state index in [4.69, 9.17) is 0 Å². The van der Waals surface area contributed by atoms with Gasteiger partial charge in [0.05, 0.1) is 0 Å². The molecule has 0 N–H and O–H groups in total. The van der Waals surface area contributed by atoms with Gasteiger partial charge in [-0.15, -0.1) is 0 Å². The summed E-state index contributed by atoms with van der Waals surface area (Å²) in [6.45, 7) is 0. The van der Waals surface area contributed by atoms with Crippen LogP contribution in [0.4, 0.5) is 0 Å². The molecular formula is C13H9Br. The fourth-order valence-electron chi connectivity index (χ4n) is 2.10.